The number of methoxy groups -OCH3 is 1. The summed E-state index contributed by atoms with van der Waals surface area (Å²) in [5.41, 5.74) is 10.8. The van der Waals surface area contributed by atoms with Crippen LogP contribution < -0.4 is 15.8 Å². The number of halogens is 1. The van der Waals surface area contributed by atoms with E-state index in [9.17, 15) is 4.79 Å². The van der Waals surface area contributed by atoms with E-state index in [-0.39, 0.29) is 5.97 Å². The highest BCUT2D eigenvalue weighted by Gasteiger charge is 2.14. The number of fused-ring (bicyclic) bond motifs is 1. The van der Waals surface area contributed by atoms with E-state index in [1.54, 1.807) is 41.2 Å². The van der Waals surface area contributed by atoms with Crippen LogP contribution in [0.1, 0.15) is 21.6 Å². The highest BCUT2D eigenvalue weighted by molar-refractivity contribution is 6.33. The molecule has 37 heavy (non-hydrogen) atoms. The Morgan fingerprint density at radius 1 is 1.11 bits per heavy atom. The van der Waals surface area contributed by atoms with Gasteiger partial charge in [-0.25, -0.2) is 14.8 Å². The number of anilines is 3. The second kappa shape index (κ2) is 10.1. The quantitative estimate of drug-likeness (QED) is 0.223. The molecule has 0 atom stereocenters. The highest BCUT2D eigenvalue weighted by atomic mass is 35.5. The number of ether oxygens (including phenoxy) is 2. The van der Waals surface area contributed by atoms with Gasteiger partial charge in [-0.15, -0.1) is 0 Å². The fourth-order valence-electron chi connectivity index (χ4n) is 3.67. The number of benzene rings is 2. The third-order valence-corrected chi connectivity index (χ3v) is 5.79. The number of hydrogen-bond donors (Lipinski definition) is 2. The van der Waals surface area contributed by atoms with E-state index in [0.717, 1.165) is 11.3 Å². The lowest BCUT2D eigenvalue weighted by Gasteiger charge is -2.13. The Hall–Kier alpha value is -4.70. The minimum Gasteiger partial charge on any atom is -0.465 e. The van der Waals surface area contributed by atoms with Crippen LogP contribution in [0.25, 0.3) is 11.0 Å². The number of rotatable bonds is 7. The maximum Gasteiger partial charge on any atom is 0.337 e. The molecule has 3 heterocycles. The molecule has 0 aliphatic rings. The number of aromatic nitrogens is 5. The zero-order valence-corrected chi connectivity index (χ0v) is 20.7. The number of nitrogens with one attached hydrogen (secondary N) is 1. The Morgan fingerprint density at radius 3 is 2.62 bits per heavy atom. The number of aryl methyl sites for hydroxylation is 1. The molecule has 2 aromatic carbocycles. The number of pyridine rings is 1. The van der Waals surface area contributed by atoms with E-state index in [4.69, 9.17) is 26.8 Å². The molecule has 0 radical (unpaired) electrons. The van der Waals surface area contributed by atoms with Crippen LogP contribution in [0.15, 0.2) is 67.3 Å². The van der Waals surface area contributed by atoms with Gasteiger partial charge in [-0.1, -0.05) is 23.7 Å². The van der Waals surface area contributed by atoms with Crippen molar-refractivity contribution >= 4 is 45.8 Å². The van der Waals surface area contributed by atoms with Crippen molar-refractivity contribution in [3.05, 3.63) is 89.1 Å². The molecular formula is C26H22ClN7O3. The first-order valence-electron chi connectivity index (χ1n) is 11.2. The summed E-state index contributed by atoms with van der Waals surface area (Å²) in [4.78, 5) is 24.5. The molecular weight excluding hydrogens is 494 g/mol. The van der Waals surface area contributed by atoms with Crippen LogP contribution in [0.2, 0.25) is 5.02 Å². The fourth-order valence-corrected chi connectivity index (χ4v) is 3.94. The molecule has 3 N–H and O–H groups in total. The lowest BCUT2D eigenvalue weighted by Crippen LogP contribution is -2.03. The predicted molar refractivity (Wildman–Crippen MR) is 140 cm³/mol. The van der Waals surface area contributed by atoms with Gasteiger partial charge < -0.3 is 20.5 Å². The van der Waals surface area contributed by atoms with E-state index >= 15 is 0 Å². The zero-order valence-electron chi connectivity index (χ0n) is 20.0. The molecule has 0 fully saturated rings. The number of carbonyl (C=O) groups excluding carboxylic acids is 1. The Labute approximate surface area is 217 Å². The molecule has 0 saturated carbocycles. The van der Waals surface area contributed by atoms with Crippen molar-refractivity contribution in [3.8, 4) is 11.5 Å². The molecule has 0 aliphatic heterocycles. The Morgan fingerprint density at radius 2 is 1.92 bits per heavy atom. The summed E-state index contributed by atoms with van der Waals surface area (Å²) in [5.74, 6) is 0.989. The van der Waals surface area contributed by atoms with Crippen LogP contribution in [0.3, 0.4) is 0 Å². The average Bonchev–Trinajstić information content (AvgIpc) is 3.31. The molecule has 0 aliphatic carbocycles. The number of esters is 1. The summed E-state index contributed by atoms with van der Waals surface area (Å²) in [7, 11) is 1.35. The van der Waals surface area contributed by atoms with Crippen molar-refractivity contribution in [2.75, 3.05) is 18.2 Å². The molecule has 0 amide bonds. The fraction of sp³-hybridized carbons (Fsp3) is 0.115. The van der Waals surface area contributed by atoms with Crippen LogP contribution in [0.5, 0.6) is 11.5 Å². The maximum absolute atomic E-state index is 11.7. The van der Waals surface area contributed by atoms with E-state index < -0.39 is 0 Å². The van der Waals surface area contributed by atoms with Crippen molar-refractivity contribution in [1.82, 2.24) is 24.7 Å². The summed E-state index contributed by atoms with van der Waals surface area (Å²) in [6.45, 7) is 2.37. The van der Waals surface area contributed by atoms with Crippen molar-refractivity contribution in [2.45, 2.75) is 13.5 Å². The topological polar surface area (TPSA) is 130 Å². The van der Waals surface area contributed by atoms with Crippen LogP contribution in [0.4, 0.5) is 17.2 Å². The lowest BCUT2D eigenvalue weighted by atomic mass is 10.1. The lowest BCUT2D eigenvalue weighted by molar-refractivity contribution is 0.0600. The van der Waals surface area contributed by atoms with Crippen LogP contribution in [-0.2, 0) is 11.3 Å². The number of hydrogen-bond acceptors (Lipinski definition) is 9. The number of nitrogens with zero attached hydrogens (tertiary/aromatic N) is 5. The van der Waals surface area contributed by atoms with Gasteiger partial charge in [-0.05, 0) is 48.9 Å². The third kappa shape index (κ3) is 5.29. The second-order valence-corrected chi connectivity index (χ2v) is 8.62. The summed E-state index contributed by atoms with van der Waals surface area (Å²) in [6.07, 6.45) is 4.89. The molecule has 0 bridgehead atoms. The van der Waals surface area contributed by atoms with Crippen molar-refractivity contribution in [3.63, 3.8) is 0 Å². The monoisotopic (exact) mass is 515 g/mol. The van der Waals surface area contributed by atoms with E-state index in [0.29, 0.717) is 56.9 Å². The first kappa shape index (κ1) is 24.0. The third-order valence-electron chi connectivity index (χ3n) is 5.51. The van der Waals surface area contributed by atoms with Crippen LogP contribution in [-0.4, -0.2) is 37.8 Å². The SMILES string of the molecule is COC(=O)c1ccc(Cn2cc3ncnc(Nc4cc(N)c(Oc5ccc(C)nc5)c(Cl)c4)c3n2)cc1. The summed E-state index contributed by atoms with van der Waals surface area (Å²) < 4.78 is 12.3. The minimum atomic E-state index is -0.380. The van der Waals surface area contributed by atoms with Gasteiger partial charge in [0.05, 0.1) is 42.3 Å². The van der Waals surface area contributed by atoms with Gasteiger partial charge in [0.15, 0.2) is 17.1 Å². The first-order chi connectivity index (χ1) is 17.9. The van der Waals surface area contributed by atoms with E-state index in [2.05, 4.69) is 25.4 Å². The molecule has 11 heteroatoms. The zero-order chi connectivity index (χ0) is 25.9. The molecule has 186 valence electrons. The first-order valence-corrected chi connectivity index (χ1v) is 11.6. The Bertz CT molecular complexity index is 1560. The van der Waals surface area contributed by atoms with E-state index in [1.807, 2.05) is 31.3 Å². The number of carbonyl (C=O) groups is 1. The Kier molecular flexibility index (Phi) is 6.57. The number of nitrogen functional groups attached to an aromatic ring is 1. The second-order valence-electron chi connectivity index (χ2n) is 8.21. The number of nitrogens with two attached hydrogens (primary N) is 1. The highest BCUT2D eigenvalue weighted by Crippen LogP contribution is 2.38. The van der Waals surface area contributed by atoms with Gasteiger partial charge in [0, 0.05) is 11.4 Å². The summed E-state index contributed by atoms with van der Waals surface area (Å²) in [6, 6.07) is 14.2. The molecule has 0 spiro atoms. The molecule has 0 saturated heterocycles. The van der Waals surface area contributed by atoms with Crippen molar-refractivity contribution in [1.29, 1.82) is 0 Å². The van der Waals surface area contributed by atoms with Gasteiger partial charge in [0.1, 0.15) is 17.6 Å². The molecule has 5 aromatic rings. The standard InChI is InChI=1S/C26H22ClN7O3/c1-15-3-8-19(11-29-15)37-24-20(27)9-18(10-21(24)28)32-25-23-22(30-14-31-25)13-34(33-23)12-16-4-6-17(7-5-16)26(35)36-2/h3-11,13-14H,12,28H2,1-2H3,(H,30,31,32). The van der Waals surface area contributed by atoms with Crippen LogP contribution in [0, 0.1) is 6.92 Å². The molecule has 5 rings (SSSR count). The predicted octanol–water partition coefficient (Wildman–Crippen LogP) is 5.14. The van der Waals surface area contributed by atoms with Gasteiger partial charge >= 0.3 is 5.97 Å². The molecule has 10 nitrogen and oxygen atoms in total. The van der Waals surface area contributed by atoms with Crippen molar-refractivity contribution in [2.24, 2.45) is 0 Å². The van der Waals surface area contributed by atoms with Crippen LogP contribution >= 0.6 is 11.6 Å². The normalized spacial score (nSPS) is 10.9. The average molecular weight is 516 g/mol. The molecule has 3 aromatic heterocycles. The summed E-state index contributed by atoms with van der Waals surface area (Å²) >= 11 is 6.49. The van der Waals surface area contributed by atoms with Gasteiger partial charge in [-0.3, -0.25) is 9.67 Å². The maximum atomic E-state index is 11.7. The van der Waals surface area contributed by atoms with E-state index in [1.165, 1.54) is 13.4 Å². The van der Waals surface area contributed by atoms with Gasteiger partial charge in [0.25, 0.3) is 0 Å². The smallest absolute Gasteiger partial charge is 0.337 e. The molecule has 0 unspecified atom stereocenters. The summed E-state index contributed by atoms with van der Waals surface area (Å²) in [5, 5.41) is 8.19. The van der Waals surface area contributed by atoms with Gasteiger partial charge in [0.2, 0.25) is 0 Å². The van der Waals surface area contributed by atoms with Crippen molar-refractivity contribution < 1.29 is 14.3 Å². The minimum absolute atomic E-state index is 0.328. The Balaban J connectivity index is 1.36. The largest absolute Gasteiger partial charge is 0.465 e. The van der Waals surface area contributed by atoms with Gasteiger partial charge in [-0.2, -0.15) is 5.10 Å².